The van der Waals surface area contributed by atoms with Crippen LogP contribution in [-0.2, 0) is 22.7 Å². The molecule has 2 amide bonds. The minimum Gasteiger partial charge on any atom is -0.497 e. The molecule has 8 nitrogen and oxygen atoms in total. The van der Waals surface area contributed by atoms with Crippen molar-refractivity contribution in [2.45, 2.75) is 18.2 Å². The number of anilines is 1. The van der Waals surface area contributed by atoms with Gasteiger partial charge in [-0.25, -0.2) is 4.98 Å². The zero-order valence-corrected chi connectivity index (χ0v) is 20.3. The van der Waals surface area contributed by atoms with Crippen LogP contribution in [0.4, 0.5) is 5.69 Å². The first-order chi connectivity index (χ1) is 17.1. The fourth-order valence-electron chi connectivity index (χ4n) is 3.52. The van der Waals surface area contributed by atoms with Crippen LogP contribution in [0.25, 0.3) is 11.0 Å². The normalized spacial score (nSPS) is 10.7. The summed E-state index contributed by atoms with van der Waals surface area (Å²) in [5.74, 6) is 0.991. The van der Waals surface area contributed by atoms with E-state index in [0.717, 1.165) is 16.6 Å². The number of benzene rings is 3. The van der Waals surface area contributed by atoms with Crippen LogP contribution in [0.15, 0.2) is 78.0 Å². The van der Waals surface area contributed by atoms with E-state index in [1.54, 1.807) is 32.4 Å². The van der Waals surface area contributed by atoms with E-state index >= 15 is 0 Å². The molecule has 0 radical (unpaired) electrons. The maximum atomic E-state index is 12.9. The topological polar surface area (TPSA) is 94.5 Å². The Kier molecular flexibility index (Phi) is 7.89. The smallest absolute Gasteiger partial charge is 0.244 e. The van der Waals surface area contributed by atoms with Gasteiger partial charge in [-0.1, -0.05) is 54.2 Å². The molecule has 0 unspecified atom stereocenters. The van der Waals surface area contributed by atoms with E-state index in [1.165, 1.54) is 11.8 Å². The molecule has 9 heteroatoms. The van der Waals surface area contributed by atoms with E-state index in [-0.39, 0.29) is 24.1 Å². The maximum Gasteiger partial charge on any atom is 0.244 e. The molecule has 0 spiro atoms. The minimum absolute atomic E-state index is 0.0357. The first-order valence-electron chi connectivity index (χ1n) is 11.0. The summed E-state index contributed by atoms with van der Waals surface area (Å²) in [5, 5.41) is 6.40. The second-order valence-electron chi connectivity index (χ2n) is 7.67. The van der Waals surface area contributed by atoms with Crippen LogP contribution >= 0.6 is 11.8 Å². The number of methoxy groups -OCH3 is 2. The maximum absolute atomic E-state index is 12.9. The van der Waals surface area contributed by atoms with Crippen molar-refractivity contribution in [2.75, 3.05) is 25.3 Å². The van der Waals surface area contributed by atoms with Gasteiger partial charge in [0.15, 0.2) is 5.16 Å². The Morgan fingerprint density at radius 1 is 0.914 bits per heavy atom. The number of aromatic nitrogens is 2. The van der Waals surface area contributed by atoms with Gasteiger partial charge in [0.2, 0.25) is 11.8 Å². The highest BCUT2D eigenvalue weighted by atomic mass is 32.2. The first kappa shape index (κ1) is 24.2. The lowest BCUT2D eigenvalue weighted by atomic mass is 10.2. The SMILES string of the molecule is COc1cc(NC(=O)Cn2c(SCC(=O)NCc3ccccc3)nc3ccccc32)cc(OC)c1. The second-order valence-corrected chi connectivity index (χ2v) is 8.61. The molecule has 0 aliphatic rings. The molecule has 2 N–H and O–H groups in total. The molecule has 1 heterocycles. The molecular formula is C26H26N4O4S. The van der Waals surface area contributed by atoms with Crippen LogP contribution in [0.3, 0.4) is 0 Å². The minimum atomic E-state index is -0.237. The molecule has 0 saturated carbocycles. The third-order valence-corrected chi connectivity index (χ3v) is 6.20. The Hall–Kier alpha value is -3.98. The standard InChI is InChI=1S/C26H26N4O4S/c1-33-20-12-19(13-21(14-20)34-2)28-24(31)16-30-23-11-7-6-10-22(23)29-26(30)35-17-25(32)27-15-18-8-4-3-5-9-18/h3-14H,15-17H2,1-2H3,(H,27,32)(H,28,31). The highest BCUT2D eigenvalue weighted by Crippen LogP contribution is 2.27. The number of imidazole rings is 1. The summed E-state index contributed by atoms with van der Waals surface area (Å²) in [6.45, 7) is 0.497. The van der Waals surface area contributed by atoms with Crippen LogP contribution in [0.5, 0.6) is 11.5 Å². The van der Waals surface area contributed by atoms with Crippen molar-refractivity contribution in [2.24, 2.45) is 0 Å². The van der Waals surface area contributed by atoms with Crippen LogP contribution in [0.1, 0.15) is 5.56 Å². The largest absolute Gasteiger partial charge is 0.497 e. The molecule has 0 aliphatic heterocycles. The summed E-state index contributed by atoms with van der Waals surface area (Å²) in [6, 6.07) is 22.5. The average molecular weight is 491 g/mol. The fraction of sp³-hybridized carbons (Fsp3) is 0.192. The van der Waals surface area contributed by atoms with Gasteiger partial charge in [0, 0.05) is 30.4 Å². The van der Waals surface area contributed by atoms with Crippen LogP contribution in [0.2, 0.25) is 0 Å². The van der Waals surface area contributed by atoms with Crippen LogP contribution < -0.4 is 20.1 Å². The number of nitrogens with zero attached hydrogens (tertiary/aromatic N) is 2. The van der Waals surface area contributed by atoms with Crippen molar-refractivity contribution >= 4 is 40.3 Å². The Morgan fingerprint density at radius 3 is 2.31 bits per heavy atom. The molecule has 0 bridgehead atoms. The van der Waals surface area contributed by atoms with Crippen LogP contribution in [-0.4, -0.2) is 41.3 Å². The van der Waals surface area contributed by atoms with E-state index in [4.69, 9.17) is 9.47 Å². The Labute approximate surface area is 207 Å². The van der Waals surface area contributed by atoms with E-state index in [1.807, 2.05) is 59.2 Å². The molecule has 0 saturated heterocycles. The zero-order valence-electron chi connectivity index (χ0n) is 19.5. The van der Waals surface area contributed by atoms with Gasteiger partial charge in [0.05, 0.1) is 31.0 Å². The predicted molar refractivity (Wildman–Crippen MR) is 137 cm³/mol. The summed E-state index contributed by atoms with van der Waals surface area (Å²) in [6.07, 6.45) is 0. The molecule has 180 valence electrons. The van der Waals surface area contributed by atoms with Gasteiger partial charge in [-0.15, -0.1) is 0 Å². The highest BCUT2D eigenvalue weighted by molar-refractivity contribution is 7.99. The zero-order chi connectivity index (χ0) is 24.6. The van der Waals surface area contributed by atoms with Gasteiger partial charge >= 0.3 is 0 Å². The number of nitrogens with one attached hydrogen (secondary N) is 2. The summed E-state index contributed by atoms with van der Waals surface area (Å²) in [5.41, 5.74) is 3.17. The molecule has 4 aromatic rings. The Bertz CT molecular complexity index is 1300. The van der Waals surface area contributed by atoms with Crippen molar-refractivity contribution in [3.8, 4) is 11.5 Å². The summed E-state index contributed by atoms with van der Waals surface area (Å²) in [4.78, 5) is 30.0. The molecule has 3 aromatic carbocycles. The highest BCUT2D eigenvalue weighted by Gasteiger charge is 2.16. The summed E-state index contributed by atoms with van der Waals surface area (Å²) in [7, 11) is 3.11. The molecule has 0 aliphatic carbocycles. The second kappa shape index (κ2) is 11.4. The van der Waals surface area contributed by atoms with Gasteiger partial charge in [-0.05, 0) is 17.7 Å². The number of ether oxygens (including phenoxy) is 2. The van der Waals surface area contributed by atoms with Crippen LogP contribution in [0, 0.1) is 0 Å². The third kappa shape index (κ3) is 6.33. The van der Waals surface area contributed by atoms with Crippen molar-refractivity contribution in [1.29, 1.82) is 0 Å². The van der Waals surface area contributed by atoms with Crippen molar-refractivity contribution in [3.05, 3.63) is 78.4 Å². The van der Waals surface area contributed by atoms with Crippen molar-refractivity contribution in [1.82, 2.24) is 14.9 Å². The third-order valence-electron chi connectivity index (χ3n) is 5.22. The van der Waals surface area contributed by atoms with E-state index in [9.17, 15) is 9.59 Å². The predicted octanol–water partition coefficient (Wildman–Crippen LogP) is 4.10. The van der Waals surface area contributed by atoms with E-state index in [0.29, 0.717) is 28.9 Å². The molecular weight excluding hydrogens is 464 g/mol. The quantitative estimate of drug-likeness (QED) is 0.325. The number of carbonyl (C=O) groups excluding carboxylic acids is 2. The number of fused-ring (bicyclic) bond motifs is 1. The number of rotatable bonds is 10. The Balaban J connectivity index is 1.45. The van der Waals surface area contributed by atoms with Crippen molar-refractivity contribution < 1.29 is 19.1 Å². The Morgan fingerprint density at radius 2 is 1.60 bits per heavy atom. The van der Waals surface area contributed by atoms with E-state index in [2.05, 4.69) is 15.6 Å². The monoisotopic (exact) mass is 490 g/mol. The lowest BCUT2D eigenvalue weighted by Gasteiger charge is -2.12. The van der Waals surface area contributed by atoms with Gasteiger partial charge in [0.1, 0.15) is 18.0 Å². The number of hydrogen-bond donors (Lipinski definition) is 2. The molecule has 4 rings (SSSR count). The molecule has 0 fully saturated rings. The fourth-order valence-corrected chi connectivity index (χ4v) is 4.36. The molecule has 1 aromatic heterocycles. The molecule has 0 atom stereocenters. The van der Waals surface area contributed by atoms with Gasteiger partial charge in [0.25, 0.3) is 0 Å². The first-order valence-corrected chi connectivity index (χ1v) is 12.0. The number of carbonyl (C=O) groups is 2. The summed E-state index contributed by atoms with van der Waals surface area (Å²) < 4.78 is 12.4. The van der Waals surface area contributed by atoms with Crippen molar-refractivity contribution in [3.63, 3.8) is 0 Å². The lowest BCUT2D eigenvalue weighted by Crippen LogP contribution is -2.25. The summed E-state index contributed by atoms with van der Waals surface area (Å²) >= 11 is 1.30. The van der Waals surface area contributed by atoms with Gasteiger partial charge in [-0.2, -0.15) is 0 Å². The number of thioether (sulfide) groups is 1. The molecule has 35 heavy (non-hydrogen) atoms. The van der Waals surface area contributed by atoms with Gasteiger partial charge in [-0.3, -0.25) is 9.59 Å². The number of amides is 2. The van der Waals surface area contributed by atoms with E-state index < -0.39 is 0 Å². The number of hydrogen-bond acceptors (Lipinski definition) is 6. The average Bonchev–Trinajstić information content (AvgIpc) is 3.23. The lowest BCUT2D eigenvalue weighted by molar-refractivity contribution is -0.118. The van der Waals surface area contributed by atoms with Gasteiger partial charge < -0.3 is 24.7 Å². The number of para-hydroxylation sites is 2.